The Morgan fingerprint density at radius 3 is 2.88 bits per heavy atom. The number of halogens is 1. The maximum atomic E-state index is 12.4. The fourth-order valence-electron chi connectivity index (χ4n) is 2.46. The molecule has 1 aromatic heterocycles. The van der Waals surface area contributed by atoms with Crippen LogP contribution in [-0.2, 0) is 9.53 Å². The molecule has 2 heterocycles. The fraction of sp³-hybridized carbons (Fsp3) is 0.250. The van der Waals surface area contributed by atoms with Gasteiger partial charge in [-0.3, -0.25) is 14.9 Å². The summed E-state index contributed by atoms with van der Waals surface area (Å²) in [5.41, 5.74) is 0.861. The summed E-state index contributed by atoms with van der Waals surface area (Å²) in [5.74, 6) is -0.934. The van der Waals surface area contributed by atoms with Gasteiger partial charge in [-0.15, -0.1) is 0 Å². The number of amides is 2. The Hall–Kier alpha value is -2.45. The van der Waals surface area contributed by atoms with Gasteiger partial charge in [0.25, 0.3) is 5.91 Å². The molecule has 1 aliphatic heterocycles. The molecule has 1 N–H and O–H groups in total. The topological polar surface area (TPSA) is 88.6 Å². The van der Waals surface area contributed by atoms with Crippen molar-refractivity contribution in [2.45, 2.75) is 12.8 Å². The van der Waals surface area contributed by atoms with Crippen LogP contribution < -0.4 is 10.2 Å². The molecule has 1 fully saturated rings. The molecule has 0 atom stereocenters. The van der Waals surface area contributed by atoms with Gasteiger partial charge in [0.15, 0.2) is 5.13 Å². The van der Waals surface area contributed by atoms with Gasteiger partial charge in [-0.25, -0.2) is 9.78 Å². The smallest absolute Gasteiger partial charge is 0.349 e. The number of thiazole rings is 1. The lowest BCUT2D eigenvalue weighted by Crippen LogP contribution is -2.24. The average Bonchev–Trinajstić information content (AvgIpc) is 3.23. The third-order valence-electron chi connectivity index (χ3n) is 3.69. The Morgan fingerprint density at radius 1 is 1.40 bits per heavy atom. The van der Waals surface area contributed by atoms with E-state index in [4.69, 9.17) is 11.6 Å². The van der Waals surface area contributed by atoms with E-state index in [9.17, 15) is 14.4 Å². The molecule has 0 spiro atoms. The summed E-state index contributed by atoms with van der Waals surface area (Å²) in [7, 11) is 1.27. The molecule has 2 aromatic rings. The summed E-state index contributed by atoms with van der Waals surface area (Å²) in [6.45, 7) is 0.582. The first-order valence-corrected chi connectivity index (χ1v) is 8.64. The molecule has 1 saturated heterocycles. The fourth-order valence-corrected chi connectivity index (χ4v) is 3.41. The Morgan fingerprint density at radius 2 is 2.20 bits per heavy atom. The molecular formula is C16H14ClN3O4S. The number of nitrogens with zero attached hydrogens (tertiary/aromatic N) is 2. The van der Waals surface area contributed by atoms with E-state index < -0.39 is 11.9 Å². The monoisotopic (exact) mass is 379 g/mol. The molecule has 25 heavy (non-hydrogen) atoms. The molecule has 9 heteroatoms. The normalized spacial score (nSPS) is 13.8. The number of nitrogens with one attached hydrogen (secondary N) is 1. The minimum absolute atomic E-state index is 0.0119. The van der Waals surface area contributed by atoms with Gasteiger partial charge in [-0.05, 0) is 24.6 Å². The second-order valence-electron chi connectivity index (χ2n) is 5.29. The Labute approximate surface area is 152 Å². The van der Waals surface area contributed by atoms with Crippen LogP contribution in [0.15, 0.2) is 24.4 Å². The summed E-state index contributed by atoms with van der Waals surface area (Å²) in [4.78, 5) is 41.6. The first kappa shape index (κ1) is 17.4. The van der Waals surface area contributed by atoms with Crippen LogP contribution in [0.3, 0.4) is 0 Å². The number of hydrogen-bond donors (Lipinski definition) is 1. The molecule has 130 valence electrons. The van der Waals surface area contributed by atoms with Gasteiger partial charge in [0.2, 0.25) is 5.91 Å². The zero-order chi connectivity index (χ0) is 18.0. The molecule has 0 bridgehead atoms. The van der Waals surface area contributed by atoms with Crippen LogP contribution in [0.1, 0.15) is 32.9 Å². The van der Waals surface area contributed by atoms with Crippen molar-refractivity contribution in [3.8, 4) is 0 Å². The number of hydrogen-bond acceptors (Lipinski definition) is 6. The number of esters is 1. The van der Waals surface area contributed by atoms with Crippen LogP contribution in [0.25, 0.3) is 0 Å². The number of carbonyl (C=O) groups excluding carboxylic acids is 3. The average molecular weight is 380 g/mol. The van der Waals surface area contributed by atoms with E-state index in [1.807, 2.05) is 0 Å². The zero-order valence-corrected chi connectivity index (χ0v) is 14.8. The summed E-state index contributed by atoms with van der Waals surface area (Å²) in [6, 6.07) is 4.73. The Balaban J connectivity index is 1.79. The highest BCUT2D eigenvalue weighted by Gasteiger charge is 2.24. The van der Waals surface area contributed by atoms with E-state index in [0.717, 1.165) is 17.8 Å². The molecule has 3 rings (SSSR count). The summed E-state index contributed by atoms with van der Waals surface area (Å²) >= 11 is 7.19. The summed E-state index contributed by atoms with van der Waals surface area (Å²) in [5, 5.41) is 3.31. The lowest BCUT2D eigenvalue weighted by molar-refractivity contribution is -0.117. The van der Waals surface area contributed by atoms with Crippen LogP contribution >= 0.6 is 22.9 Å². The van der Waals surface area contributed by atoms with Crippen LogP contribution in [0.5, 0.6) is 0 Å². The third-order valence-corrected chi connectivity index (χ3v) is 4.90. The molecule has 1 aliphatic rings. The second-order valence-corrected chi connectivity index (χ2v) is 6.73. The molecular weight excluding hydrogens is 366 g/mol. The van der Waals surface area contributed by atoms with Crippen molar-refractivity contribution in [2.75, 3.05) is 23.9 Å². The molecule has 0 saturated carbocycles. The Kier molecular flexibility index (Phi) is 5.00. The SMILES string of the molecule is COC(=O)c1cnc(NC(=O)c2ccc(Cl)c(N3CCCC3=O)c2)s1. The van der Waals surface area contributed by atoms with Crippen LogP contribution in [0.2, 0.25) is 5.02 Å². The van der Waals surface area contributed by atoms with Crippen molar-refractivity contribution in [2.24, 2.45) is 0 Å². The van der Waals surface area contributed by atoms with E-state index in [1.54, 1.807) is 23.1 Å². The van der Waals surface area contributed by atoms with Crippen molar-refractivity contribution in [3.05, 3.63) is 39.9 Å². The minimum Gasteiger partial charge on any atom is -0.465 e. The van der Waals surface area contributed by atoms with Gasteiger partial charge in [0.1, 0.15) is 4.88 Å². The number of rotatable bonds is 4. The predicted molar refractivity (Wildman–Crippen MR) is 94.4 cm³/mol. The first-order valence-electron chi connectivity index (χ1n) is 7.45. The van der Waals surface area contributed by atoms with E-state index in [-0.39, 0.29) is 15.9 Å². The maximum Gasteiger partial charge on any atom is 0.349 e. The summed E-state index contributed by atoms with van der Waals surface area (Å²) in [6.07, 6.45) is 2.57. The first-order chi connectivity index (χ1) is 12.0. The second kappa shape index (κ2) is 7.20. The van der Waals surface area contributed by atoms with Crippen LogP contribution in [-0.4, -0.2) is 36.4 Å². The van der Waals surface area contributed by atoms with Crippen molar-refractivity contribution in [1.82, 2.24) is 4.98 Å². The van der Waals surface area contributed by atoms with E-state index in [0.29, 0.717) is 29.2 Å². The molecule has 1 aromatic carbocycles. The number of benzene rings is 1. The van der Waals surface area contributed by atoms with E-state index >= 15 is 0 Å². The lowest BCUT2D eigenvalue weighted by Gasteiger charge is -2.18. The highest BCUT2D eigenvalue weighted by atomic mass is 35.5. The number of carbonyl (C=O) groups is 3. The van der Waals surface area contributed by atoms with E-state index in [2.05, 4.69) is 15.0 Å². The van der Waals surface area contributed by atoms with Crippen molar-refractivity contribution in [3.63, 3.8) is 0 Å². The van der Waals surface area contributed by atoms with Gasteiger partial charge in [0.05, 0.1) is 24.0 Å². The standard InChI is InChI=1S/C16H14ClN3O4S/c1-24-15(23)12-8-18-16(25-12)19-14(22)9-4-5-10(17)11(7-9)20-6-2-3-13(20)21/h4-5,7-8H,2-3,6H2,1H3,(H,18,19,22). The van der Waals surface area contributed by atoms with Crippen LogP contribution in [0, 0.1) is 0 Å². The molecule has 2 amide bonds. The van der Waals surface area contributed by atoms with Crippen molar-refractivity contribution in [1.29, 1.82) is 0 Å². The van der Waals surface area contributed by atoms with Crippen molar-refractivity contribution >= 4 is 51.5 Å². The molecule has 0 aliphatic carbocycles. The molecule has 7 nitrogen and oxygen atoms in total. The Bertz CT molecular complexity index is 852. The van der Waals surface area contributed by atoms with Gasteiger partial charge < -0.3 is 9.64 Å². The molecule has 0 radical (unpaired) electrons. The quantitative estimate of drug-likeness (QED) is 0.825. The van der Waals surface area contributed by atoms with E-state index in [1.165, 1.54) is 13.3 Å². The van der Waals surface area contributed by atoms with Gasteiger partial charge in [-0.2, -0.15) is 0 Å². The predicted octanol–water partition coefficient (Wildman–Crippen LogP) is 2.96. The third kappa shape index (κ3) is 3.64. The number of methoxy groups -OCH3 is 1. The highest BCUT2D eigenvalue weighted by Crippen LogP contribution is 2.30. The van der Waals surface area contributed by atoms with Gasteiger partial charge in [0, 0.05) is 18.5 Å². The summed E-state index contributed by atoms with van der Waals surface area (Å²) < 4.78 is 4.60. The lowest BCUT2D eigenvalue weighted by atomic mass is 10.1. The largest absolute Gasteiger partial charge is 0.465 e. The number of aromatic nitrogens is 1. The zero-order valence-electron chi connectivity index (χ0n) is 13.2. The van der Waals surface area contributed by atoms with Gasteiger partial charge >= 0.3 is 5.97 Å². The van der Waals surface area contributed by atoms with Crippen molar-refractivity contribution < 1.29 is 19.1 Å². The van der Waals surface area contributed by atoms with Gasteiger partial charge in [-0.1, -0.05) is 22.9 Å². The minimum atomic E-state index is -0.515. The maximum absolute atomic E-state index is 12.4. The number of anilines is 2. The number of ether oxygens (including phenoxy) is 1. The van der Waals surface area contributed by atoms with Crippen LogP contribution in [0.4, 0.5) is 10.8 Å². The highest BCUT2D eigenvalue weighted by molar-refractivity contribution is 7.17. The molecule has 0 unspecified atom stereocenters.